The highest BCUT2D eigenvalue weighted by Gasteiger charge is 2.16. The van der Waals surface area contributed by atoms with Crippen LogP contribution in [-0.4, -0.2) is 23.9 Å². The maximum atomic E-state index is 12.9. The van der Waals surface area contributed by atoms with Crippen molar-refractivity contribution in [2.45, 2.75) is 25.8 Å². The Morgan fingerprint density at radius 3 is 2.81 bits per heavy atom. The van der Waals surface area contributed by atoms with Gasteiger partial charge in [0.15, 0.2) is 0 Å². The number of aliphatic hydroxyl groups is 1. The number of aryl methyl sites for hydroxylation is 1. The van der Waals surface area contributed by atoms with Crippen LogP contribution < -0.4 is 10.5 Å². The van der Waals surface area contributed by atoms with Crippen LogP contribution in [0.25, 0.3) is 0 Å². The molecular formula is C12H18FNO2. The third-order valence-electron chi connectivity index (χ3n) is 2.44. The van der Waals surface area contributed by atoms with E-state index < -0.39 is 5.54 Å². The van der Waals surface area contributed by atoms with Crippen LogP contribution in [0.2, 0.25) is 0 Å². The topological polar surface area (TPSA) is 55.5 Å². The van der Waals surface area contributed by atoms with Crippen LogP contribution in [0, 0.1) is 12.7 Å². The minimum atomic E-state index is -0.652. The van der Waals surface area contributed by atoms with E-state index in [1.54, 1.807) is 13.0 Å². The van der Waals surface area contributed by atoms with E-state index in [-0.39, 0.29) is 12.4 Å². The predicted octanol–water partition coefficient (Wildman–Crippen LogP) is 1.61. The summed E-state index contributed by atoms with van der Waals surface area (Å²) in [4.78, 5) is 0. The highest BCUT2D eigenvalue weighted by atomic mass is 19.1. The molecule has 3 nitrogen and oxygen atoms in total. The molecule has 16 heavy (non-hydrogen) atoms. The average Bonchev–Trinajstić information content (AvgIpc) is 2.23. The Hall–Kier alpha value is -1.13. The van der Waals surface area contributed by atoms with Gasteiger partial charge in [-0.3, -0.25) is 0 Å². The Bertz CT molecular complexity index is 353. The molecule has 4 heteroatoms. The Labute approximate surface area is 95.0 Å². The summed E-state index contributed by atoms with van der Waals surface area (Å²) < 4.78 is 18.4. The van der Waals surface area contributed by atoms with Crippen molar-refractivity contribution >= 4 is 0 Å². The fourth-order valence-corrected chi connectivity index (χ4v) is 1.20. The third kappa shape index (κ3) is 3.79. The molecule has 0 heterocycles. The molecule has 1 aromatic carbocycles. The van der Waals surface area contributed by atoms with Gasteiger partial charge in [0.2, 0.25) is 0 Å². The number of ether oxygens (including phenoxy) is 1. The summed E-state index contributed by atoms with van der Waals surface area (Å²) in [5, 5.41) is 8.95. The van der Waals surface area contributed by atoms with Crippen LogP contribution in [0.4, 0.5) is 4.39 Å². The maximum absolute atomic E-state index is 12.9. The Morgan fingerprint density at radius 1 is 1.50 bits per heavy atom. The summed E-state index contributed by atoms with van der Waals surface area (Å²) in [5.41, 5.74) is 5.97. The zero-order chi connectivity index (χ0) is 12.2. The number of halogens is 1. The second-order valence-corrected chi connectivity index (χ2v) is 4.32. The van der Waals surface area contributed by atoms with E-state index in [1.807, 2.05) is 6.92 Å². The molecule has 1 atom stereocenters. The maximum Gasteiger partial charge on any atom is 0.126 e. The minimum Gasteiger partial charge on any atom is -0.493 e. The molecule has 1 rings (SSSR count). The lowest BCUT2D eigenvalue weighted by molar-refractivity contribution is 0.174. The van der Waals surface area contributed by atoms with Crippen molar-refractivity contribution in [3.8, 4) is 5.75 Å². The van der Waals surface area contributed by atoms with Crippen molar-refractivity contribution in [3.05, 3.63) is 29.6 Å². The summed E-state index contributed by atoms with van der Waals surface area (Å²) >= 11 is 0. The number of hydrogen-bond acceptors (Lipinski definition) is 3. The molecule has 1 unspecified atom stereocenters. The summed E-state index contributed by atoms with van der Waals surface area (Å²) in [6, 6.07) is 4.41. The smallest absolute Gasteiger partial charge is 0.126 e. The highest BCUT2D eigenvalue weighted by Crippen LogP contribution is 2.19. The molecule has 0 aliphatic rings. The molecule has 0 amide bonds. The van der Waals surface area contributed by atoms with Gasteiger partial charge in [-0.15, -0.1) is 0 Å². The van der Waals surface area contributed by atoms with Crippen molar-refractivity contribution in [1.29, 1.82) is 0 Å². The van der Waals surface area contributed by atoms with Gasteiger partial charge < -0.3 is 15.6 Å². The van der Waals surface area contributed by atoms with Gasteiger partial charge >= 0.3 is 0 Å². The number of nitrogens with two attached hydrogens (primary N) is 1. The summed E-state index contributed by atoms with van der Waals surface area (Å²) in [6.07, 6.45) is 0.513. The molecule has 0 saturated heterocycles. The Kier molecular flexibility index (Phi) is 4.26. The summed E-state index contributed by atoms with van der Waals surface area (Å²) in [5.74, 6) is 0.201. The van der Waals surface area contributed by atoms with E-state index in [2.05, 4.69) is 0 Å². The largest absolute Gasteiger partial charge is 0.493 e. The highest BCUT2D eigenvalue weighted by molar-refractivity contribution is 5.32. The first kappa shape index (κ1) is 12.9. The summed E-state index contributed by atoms with van der Waals surface area (Å²) in [7, 11) is 0. The van der Waals surface area contributed by atoms with Crippen molar-refractivity contribution in [1.82, 2.24) is 0 Å². The minimum absolute atomic E-state index is 0.0987. The van der Waals surface area contributed by atoms with Gasteiger partial charge in [0.25, 0.3) is 0 Å². The molecule has 1 aromatic rings. The van der Waals surface area contributed by atoms with Gasteiger partial charge in [0.05, 0.1) is 13.2 Å². The van der Waals surface area contributed by atoms with Crippen molar-refractivity contribution in [2.24, 2.45) is 5.73 Å². The molecule has 90 valence electrons. The quantitative estimate of drug-likeness (QED) is 0.803. The number of aliphatic hydroxyl groups excluding tert-OH is 1. The molecule has 0 aliphatic heterocycles. The van der Waals surface area contributed by atoms with Crippen molar-refractivity contribution in [3.63, 3.8) is 0 Å². The SMILES string of the molecule is Cc1ccc(F)cc1OCCC(C)(N)CO. The molecule has 0 aromatic heterocycles. The zero-order valence-electron chi connectivity index (χ0n) is 9.66. The van der Waals surface area contributed by atoms with E-state index >= 15 is 0 Å². The first-order valence-electron chi connectivity index (χ1n) is 5.23. The van der Waals surface area contributed by atoms with E-state index in [4.69, 9.17) is 15.6 Å². The average molecular weight is 227 g/mol. The number of rotatable bonds is 5. The van der Waals surface area contributed by atoms with E-state index in [9.17, 15) is 4.39 Å². The summed E-state index contributed by atoms with van der Waals surface area (Å²) in [6.45, 7) is 3.85. The van der Waals surface area contributed by atoms with Crippen molar-refractivity contribution < 1.29 is 14.2 Å². The van der Waals surface area contributed by atoms with Gasteiger partial charge in [-0.2, -0.15) is 0 Å². The molecule has 0 radical (unpaired) electrons. The van der Waals surface area contributed by atoms with Crippen LogP contribution in [0.3, 0.4) is 0 Å². The van der Waals surface area contributed by atoms with E-state index in [0.717, 1.165) is 5.56 Å². The van der Waals surface area contributed by atoms with Gasteiger partial charge in [-0.25, -0.2) is 4.39 Å². The van der Waals surface area contributed by atoms with Crippen molar-refractivity contribution in [2.75, 3.05) is 13.2 Å². The second-order valence-electron chi connectivity index (χ2n) is 4.32. The molecular weight excluding hydrogens is 209 g/mol. The molecule has 3 N–H and O–H groups in total. The predicted molar refractivity (Wildman–Crippen MR) is 60.9 cm³/mol. The number of benzene rings is 1. The van der Waals surface area contributed by atoms with Crippen LogP contribution in [0.1, 0.15) is 18.9 Å². The third-order valence-corrected chi connectivity index (χ3v) is 2.44. The Balaban J connectivity index is 2.52. The van der Waals surface area contributed by atoms with Gasteiger partial charge in [0.1, 0.15) is 11.6 Å². The molecule has 0 saturated carbocycles. The molecule has 0 spiro atoms. The van der Waals surface area contributed by atoms with Crippen LogP contribution in [0.15, 0.2) is 18.2 Å². The lowest BCUT2D eigenvalue weighted by Crippen LogP contribution is -2.41. The standard InChI is InChI=1S/C12H18FNO2/c1-9-3-4-10(13)7-11(9)16-6-5-12(2,14)8-15/h3-4,7,15H,5-6,8,14H2,1-2H3. The van der Waals surface area contributed by atoms with Crippen LogP contribution in [0.5, 0.6) is 5.75 Å². The molecule has 0 bridgehead atoms. The molecule has 0 aliphatic carbocycles. The fourth-order valence-electron chi connectivity index (χ4n) is 1.20. The lowest BCUT2D eigenvalue weighted by atomic mass is 10.0. The van der Waals surface area contributed by atoms with E-state index in [0.29, 0.717) is 18.8 Å². The normalized spacial score (nSPS) is 14.6. The monoisotopic (exact) mass is 227 g/mol. The van der Waals surface area contributed by atoms with Crippen LogP contribution in [-0.2, 0) is 0 Å². The van der Waals surface area contributed by atoms with Gasteiger partial charge in [0, 0.05) is 18.0 Å². The zero-order valence-corrected chi connectivity index (χ0v) is 9.66. The molecule has 0 fully saturated rings. The first-order chi connectivity index (χ1) is 7.44. The lowest BCUT2D eigenvalue weighted by Gasteiger charge is -2.21. The van der Waals surface area contributed by atoms with Crippen LogP contribution >= 0.6 is 0 Å². The van der Waals surface area contributed by atoms with Gasteiger partial charge in [-0.1, -0.05) is 6.07 Å². The van der Waals surface area contributed by atoms with Gasteiger partial charge in [-0.05, 0) is 25.5 Å². The van der Waals surface area contributed by atoms with E-state index in [1.165, 1.54) is 12.1 Å². The first-order valence-corrected chi connectivity index (χ1v) is 5.23. The number of hydrogen-bond donors (Lipinski definition) is 2. The fraction of sp³-hybridized carbons (Fsp3) is 0.500. The Morgan fingerprint density at radius 2 is 2.19 bits per heavy atom. The second kappa shape index (κ2) is 5.27.